The zero-order chi connectivity index (χ0) is 22.5. The average molecular weight is 434 g/mol. The summed E-state index contributed by atoms with van der Waals surface area (Å²) < 4.78 is 6.85. The highest BCUT2D eigenvalue weighted by Gasteiger charge is 2.26. The van der Waals surface area contributed by atoms with Crippen LogP contribution in [0.3, 0.4) is 0 Å². The number of hydrogen-bond donors (Lipinski definition) is 2. The first-order valence-electron chi connectivity index (χ1n) is 9.90. The molecule has 164 valence electrons. The number of anilines is 2. The molecule has 5 rings (SSSR count). The standard InChI is InChI=1S/C16H13N7O.C5H9NO2/c1-23-10-11(9-18-23)20-16-17-7-5-13(22-16)12-3-2-4-14(21-12)15-6-8-19-24-15;1-6-3-2-4(7)5(6)8/h2-10H,1H3,(H,17,20,22);4,7H,2-3H2,1H3. The number of likely N-dealkylation sites (N-methyl/N-ethyl adjacent to an activating group) is 1. The maximum absolute atomic E-state index is 10.6. The molecule has 1 atom stereocenters. The van der Waals surface area contributed by atoms with Gasteiger partial charge in [0.25, 0.3) is 5.91 Å². The number of aliphatic hydroxyl groups is 1. The molecule has 0 bridgehead atoms. The number of pyridine rings is 1. The van der Waals surface area contributed by atoms with Crippen molar-refractivity contribution < 1.29 is 14.4 Å². The van der Waals surface area contributed by atoms with Crippen molar-refractivity contribution in [2.45, 2.75) is 12.5 Å². The Morgan fingerprint density at radius 2 is 1.91 bits per heavy atom. The summed E-state index contributed by atoms with van der Waals surface area (Å²) in [7, 11) is 3.54. The minimum absolute atomic E-state index is 0.148. The number of amides is 1. The lowest BCUT2D eigenvalue weighted by Crippen LogP contribution is -2.24. The fourth-order valence-corrected chi connectivity index (χ4v) is 3.04. The maximum Gasteiger partial charge on any atom is 0.251 e. The first-order chi connectivity index (χ1) is 15.5. The third-order valence-electron chi connectivity index (χ3n) is 4.72. The van der Waals surface area contributed by atoms with E-state index in [0.29, 0.717) is 36.1 Å². The fraction of sp³-hybridized carbons (Fsp3) is 0.238. The van der Waals surface area contributed by atoms with Crippen LogP contribution in [0.15, 0.2) is 59.6 Å². The van der Waals surface area contributed by atoms with Gasteiger partial charge in [-0.05, 0) is 24.6 Å². The molecule has 0 radical (unpaired) electrons. The van der Waals surface area contributed by atoms with Crippen LogP contribution in [0, 0.1) is 0 Å². The summed E-state index contributed by atoms with van der Waals surface area (Å²) in [4.78, 5) is 25.4. The number of aromatic nitrogens is 6. The van der Waals surface area contributed by atoms with Gasteiger partial charge in [-0.25, -0.2) is 15.0 Å². The van der Waals surface area contributed by atoms with Gasteiger partial charge in [-0.2, -0.15) is 5.10 Å². The topological polar surface area (TPSA) is 135 Å². The second kappa shape index (κ2) is 9.35. The van der Waals surface area contributed by atoms with Crippen molar-refractivity contribution in [2.75, 3.05) is 18.9 Å². The van der Waals surface area contributed by atoms with Crippen molar-refractivity contribution in [1.82, 2.24) is 34.8 Å². The van der Waals surface area contributed by atoms with E-state index in [4.69, 9.17) is 9.63 Å². The Hall–Kier alpha value is -4.12. The van der Waals surface area contributed by atoms with Crippen LogP contribution in [-0.4, -0.2) is 65.5 Å². The van der Waals surface area contributed by atoms with E-state index in [0.717, 1.165) is 11.4 Å². The van der Waals surface area contributed by atoms with Crippen molar-refractivity contribution in [1.29, 1.82) is 0 Å². The molecular formula is C21H22N8O3. The number of hydrogen-bond acceptors (Lipinski definition) is 9. The third kappa shape index (κ3) is 4.95. The number of carbonyl (C=O) groups excluding carboxylic acids is 1. The van der Waals surface area contributed by atoms with Gasteiger partial charge in [-0.1, -0.05) is 11.2 Å². The molecule has 1 amide bonds. The molecule has 0 aromatic carbocycles. The molecule has 1 unspecified atom stereocenters. The number of nitrogens with one attached hydrogen (secondary N) is 1. The SMILES string of the molecule is CN1CCC(O)C1=O.Cn1cc(Nc2nccc(-c3cccc(-c4ccno4)n3)n2)cn1. The summed E-state index contributed by atoms with van der Waals surface area (Å²) in [6.45, 7) is 0.694. The minimum Gasteiger partial charge on any atom is -0.383 e. The molecule has 11 heteroatoms. The first-order valence-corrected chi connectivity index (χ1v) is 9.90. The summed E-state index contributed by atoms with van der Waals surface area (Å²) >= 11 is 0. The lowest BCUT2D eigenvalue weighted by molar-refractivity contribution is -0.133. The number of nitrogens with zero attached hydrogens (tertiary/aromatic N) is 7. The lowest BCUT2D eigenvalue weighted by Gasteiger charge is -2.05. The Bertz CT molecular complexity index is 1180. The van der Waals surface area contributed by atoms with E-state index >= 15 is 0 Å². The number of aliphatic hydroxyl groups excluding tert-OH is 1. The largest absolute Gasteiger partial charge is 0.383 e. The second-order valence-corrected chi connectivity index (χ2v) is 7.14. The molecule has 32 heavy (non-hydrogen) atoms. The third-order valence-corrected chi connectivity index (χ3v) is 4.72. The van der Waals surface area contributed by atoms with Gasteiger partial charge in [-0.3, -0.25) is 9.48 Å². The van der Waals surface area contributed by atoms with Gasteiger partial charge in [0.05, 0.1) is 29.5 Å². The van der Waals surface area contributed by atoms with E-state index in [1.807, 2.05) is 31.4 Å². The number of rotatable bonds is 4. The Kier molecular flexibility index (Phi) is 6.17. The van der Waals surface area contributed by atoms with Crippen molar-refractivity contribution in [3.8, 4) is 22.8 Å². The van der Waals surface area contributed by atoms with Crippen LogP contribution >= 0.6 is 0 Å². The quantitative estimate of drug-likeness (QED) is 0.493. The second-order valence-electron chi connectivity index (χ2n) is 7.14. The number of likely N-dealkylation sites (tertiary alicyclic amines) is 1. The van der Waals surface area contributed by atoms with E-state index in [1.54, 1.807) is 42.5 Å². The number of carbonyl (C=O) groups is 1. The zero-order valence-corrected chi connectivity index (χ0v) is 17.6. The predicted octanol–water partition coefficient (Wildman–Crippen LogP) is 1.88. The van der Waals surface area contributed by atoms with Crippen molar-refractivity contribution in [3.63, 3.8) is 0 Å². The van der Waals surface area contributed by atoms with Gasteiger partial charge < -0.3 is 19.8 Å². The van der Waals surface area contributed by atoms with Gasteiger partial charge in [0.1, 0.15) is 11.8 Å². The molecule has 4 aromatic rings. The average Bonchev–Trinajstić information content (AvgIpc) is 3.55. The smallest absolute Gasteiger partial charge is 0.251 e. The van der Waals surface area contributed by atoms with Crippen molar-refractivity contribution >= 4 is 17.5 Å². The summed E-state index contributed by atoms with van der Waals surface area (Å²) in [5.41, 5.74) is 2.95. The molecule has 2 N–H and O–H groups in total. The van der Waals surface area contributed by atoms with Crippen LogP contribution in [0.4, 0.5) is 11.6 Å². The van der Waals surface area contributed by atoms with E-state index in [1.165, 1.54) is 4.90 Å². The Balaban J connectivity index is 0.000000260. The molecule has 1 aliphatic rings. The Morgan fingerprint density at radius 1 is 1.09 bits per heavy atom. The van der Waals surface area contributed by atoms with Crippen LogP contribution < -0.4 is 5.32 Å². The molecule has 1 fully saturated rings. The monoisotopic (exact) mass is 434 g/mol. The molecule has 1 saturated heterocycles. The molecule has 0 saturated carbocycles. The molecule has 11 nitrogen and oxygen atoms in total. The maximum atomic E-state index is 10.6. The summed E-state index contributed by atoms with van der Waals surface area (Å²) in [6.07, 6.45) is 6.70. The zero-order valence-electron chi connectivity index (χ0n) is 17.6. The van der Waals surface area contributed by atoms with Gasteiger partial charge in [0.15, 0.2) is 5.76 Å². The van der Waals surface area contributed by atoms with E-state index in [2.05, 4.69) is 30.5 Å². The molecule has 4 aromatic heterocycles. The normalized spacial score (nSPS) is 15.4. The summed E-state index contributed by atoms with van der Waals surface area (Å²) in [6, 6.07) is 9.22. The minimum atomic E-state index is -0.722. The summed E-state index contributed by atoms with van der Waals surface area (Å²) in [5.74, 6) is 0.942. The van der Waals surface area contributed by atoms with E-state index in [-0.39, 0.29) is 5.91 Å². The van der Waals surface area contributed by atoms with Crippen LogP contribution in [0.25, 0.3) is 22.8 Å². The highest BCUT2D eigenvalue weighted by atomic mass is 16.5. The summed E-state index contributed by atoms with van der Waals surface area (Å²) in [5, 5.41) is 19.7. The van der Waals surface area contributed by atoms with Gasteiger partial charge in [-0.15, -0.1) is 0 Å². The van der Waals surface area contributed by atoms with Crippen LogP contribution in [-0.2, 0) is 11.8 Å². The molecule has 0 spiro atoms. The van der Waals surface area contributed by atoms with Crippen molar-refractivity contribution in [3.05, 3.63) is 55.1 Å². The predicted molar refractivity (Wildman–Crippen MR) is 116 cm³/mol. The van der Waals surface area contributed by atoms with E-state index < -0.39 is 6.10 Å². The van der Waals surface area contributed by atoms with Crippen molar-refractivity contribution in [2.24, 2.45) is 7.05 Å². The molecule has 0 aliphatic carbocycles. The van der Waals surface area contributed by atoms with Crippen LogP contribution in [0.1, 0.15) is 6.42 Å². The van der Waals surface area contributed by atoms with Gasteiger partial charge in [0.2, 0.25) is 5.95 Å². The molecular weight excluding hydrogens is 412 g/mol. The Labute approximate surface area is 183 Å². The van der Waals surface area contributed by atoms with Crippen LogP contribution in [0.5, 0.6) is 0 Å². The first kappa shape index (κ1) is 21.1. The molecule has 5 heterocycles. The lowest BCUT2D eigenvalue weighted by atomic mass is 10.2. The highest BCUT2D eigenvalue weighted by Crippen LogP contribution is 2.22. The van der Waals surface area contributed by atoms with Gasteiger partial charge in [0, 0.05) is 39.1 Å². The van der Waals surface area contributed by atoms with Crippen LogP contribution in [0.2, 0.25) is 0 Å². The fourth-order valence-electron chi connectivity index (χ4n) is 3.04. The highest BCUT2D eigenvalue weighted by molar-refractivity contribution is 5.82. The molecule has 1 aliphatic heterocycles. The van der Waals surface area contributed by atoms with E-state index in [9.17, 15) is 4.79 Å². The number of aryl methyl sites for hydroxylation is 1. The van der Waals surface area contributed by atoms with Gasteiger partial charge >= 0.3 is 0 Å². The Morgan fingerprint density at radius 3 is 2.53 bits per heavy atom.